The Morgan fingerprint density at radius 2 is 2.14 bits per heavy atom. The molecule has 0 bridgehead atoms. The zero-order valence-electron chi connectivity index (χ0n) is 10.7. The molecule has 2 rings (SSSR count). The van der Waals surface area contributed by atoms with E-state index >= 15 is 0 Å². The van der Waals surface area contributed by atoms with Crippen LogP contribution in [0.3, 0.4) is 0 Å². The molecule has 1 aliphatic rings. The van der Waals surface area contributed by atoms with Gasteiger partial charge in [-0.1, -0.05) is 0 Å². The summed E-state index contributed by atoms with van der Waals surface area (Å²) in [7, 11) is 0. The second kappa shape index (κ2) is 6.42. The average Bonchev–Trinajstić information content (AvgIpc) is 2.77. The van der Waals surface area contributed by atoms with Gasteiger partial charge in [-0.15, -0.1) is 13.2 Å². The first kappa shape index (κ1) is 15.7. The molecule has 0 atom stereocenters. The summed E-state index contributed by atoms with van der Waals surface area (Å²) in [5.41, 5.74) is 0. The molecule has 1 N–H and O–H groups in total. The van der Waals surface area contributed by atoms with E-state index in [1.807, 2.05) is 0 Å². The first-order valence-corrected chi connectivity index (χ1v) is 6.85. The van der Waals surface area contributed by atoms with Gasteiger partial charge in [-0.25, -0.2) is 4.79 Å². The Hall–Kier alpha value is -1.64. The summed E-state index contributed by atoms with van der Waals surface area (Å²) >= 11 is 2.99. The minimum absolute atomic E-state index is 0.135. The second-order valence-corrected chi connectivity index (χ2v) is 5.06. The van der Waals surface area contributed by atoms with Crippen LogP contribution in [0.25, 0.3) is 0 Å². The van der Waals surface area contributed by atoms with Crippen LogP contribution in [0, 0.1) is 0 Å². The number of carbonyl (C=O) groups is 1. The van der Waals surface area contributed by atoms with Gasteiger partial charge >= 0.3 is 12.4 Å². The van der Waals surface area contributed by atoms with Gasteiger partial charge in [-0.2, -0.15) is 0 Å². The molecule has 0 aliphatic carbocycles. The Morgan fingerprint density at radius 3 is 2.71 bits per heavy atom. The molecular weight excluding hydrogens is 357 g/mol. The molecule has 0 aromatic heterocycles. The SMILES string of the molecule is O=C1NCCN1CCOc1ccc(OC(F)(F)F)c(Br)c1. The summed E-state index contributed by atoms with van der Waals surface area (Å²) < 4.78 is 45.7. The van der Waals surface area contributed by atoms with Gasteiger partial charge in [-0.05, 0) is 34.1 Å². The number of amides is 2. The van der Waals surface area contributed by atoms with Crippen LogP contribution in [0.5, 0.6) is 11.5 Å². The summed E-state index contributed by atoms with van der Waals surface area (Å²) in [6.07, 6.45) is -4.74. The van der Waals surface area contributed by atoms with E-state index in [4.69, 9.17) is 4.74 Å². The molecule has 1 heterocycles. The average molecular weight is 369 g/mol. The van der Waals surface area contributed by atoms with E-state index in [0.717, 1.165) is 6.07 Å². The first-order valence-electron chi connectivity index (χ1n) is 6.06. The summed E-state index contributed by atoms with van der Waals surface area (Å²) in [5.74, 6) is 0.0461. The number of benzene rings is 1. The summed E-state index contributed by atoms with van der Waals surface area (Å²) in [5, 5.41) is 2.66. The van der Waals surface area contributed by atoms with Crippen LogP contribution in [0.4, 0.5) is 18.0 Å². The number of nitrogens with zero attached hydrogens (tertiary/aromatic N) is 1. The zero-order valence-corrected chi connectivity index (χ0v) is 12.3. The lowest BCUT2D eigenvalue weighted by molar-refractivity contribution is -0.274. The maximum absolute atomic E-state index is 12.1. The molecular formula is C12H12BrF3N2O3. The van der Waals surface area contributed by atoms with Crippen molar-refractivity contribution >= 4 is 22.0 Å². The third-order valence-electron chi connectivity index (χ3n) is 2.70. The van der Waals surface area contributed by atoms with Crippen molar-refractivity contribution in [3.63, 3.8) is 0 Å². The van der Waals surface area contributed by atoms with Crippen molar-refractivity contribution < 1.29 is 27.4 Å². The highest BCUT2D eigenvalue weighted by Crippen LogP contribution is 2.33. The van der Waals surface area contributed by atoms with Crippen LogP contribution in [0.2, 0.25) is 0 Å². The highest BCUT2D eigenvalue weighted by Gasteiger charge is 2.32. The van der Waals surface area contributed by atoms with Crippen molar-refractivity contribution in [3.8, 4) is 11.5 Å². The van der Waals surface area contributed by atoms with Crippen LogP contribution in [0.1, 0.15) is 0 Å². The fourth-order valence-corrected chi connectivity index (χ4v) is 2.22. The maximum atomic E-state index is 12.1. The Labute approximate surface area is 127 Å². The molecule has 1 fully saturated rings. The van der Waals surface area contributed by atoms with Crippen LogP contribution in [0.15, 0.2) is 22.7 Å². The van der Waals surface area contributed by atoms with E-state index in [9.17, 15) is 18.0 Å². The van der Waals surface area contributed by atoms with Crippen LogP contribution < -0.4 is 14.8 Å². The predicted octanol–water partition coefficient (Wildman–Crippen LogP) is 2.75. The standard InChI is InChI=1S/C12H12BrF3N2O3/c13-9-7-8(1-2-10(9)21-12(14,15)16)20-6-5-18-4-3-17-11(18)19/h1-2,7H,3-6H2,(H,17,19). The predicted molar refractivity (Wildman–Crippen MR) is 71.3 cm³/mol. The topological polar surface area (TPSA) is 50.8 Å². The zero-order chi connectivity index (χ0) is 15.5. The monoisotopic (exact) mass is 368 g/mol. The Kier molecular flexibility index (Phi) is 4.81. The minimum atomic E-state index is -4.74. The molecule has 116 valence electrons. The van der Waals surface area contributed by atoms with Crippen molar-refractivity contribution in [2.75, 3.05) is 26.2 Å². The molecule has 1 aromatic carbocycles. The van der Waals surface area contributed by atoms with E-state index < -0.39 is 6.36 Å². The van der Waals surface area contributed by atoms with Gasteiger partial charge in [0, 0.05) is 13.1 Å². The minimum Gasteiger partial charge on any atom is -0.492 e. The molecule has 9 heteroatoms. The van der Waals surface area contributed by atoms with E-state index in [0.29, 0.717) is 25.4 Å². The van der Waals surface area contributed by atoms with Crippen LogP contribution in [-0.4, -0.2) is 43.5 Å². The molecule has 0 saturated carbocycles. The van der Waals surface area contributed by atoms with Gasteiger partial charge in [0.25, 0.3) is 0 Å². The Bertz CT molecular complexity index is 525. The third-order valence-corrected chi connectivity index (χ3v) is 3.32. The van der Waals surface area contributed by atoms with Gasteiger partial charge < -0.3 is 19.7 Å². The molecule has 1 saturated heterocycles. The lowest BCUT2D eigenvalue weighted by Gasteiger charge is -2.15. The van der Waals surface area contributed by atoms with Crippen LogP contribution >= 0.6 is 15.9 Å². The largest absolute Gasteiger partial charge is 0.573 e. The smallest absolute Gasteiger partial charge is 0.492 e. The first-order chi connectivity index (χ1) is 9.85. The van der Waals surface area contributed by atoms with E-state index in [-0.39, 0.29) is 22.9 Å². The van der Waals surface area contributed by atoms with Gasteiger partial charge in [0.2, 0.25) is 0 Å². The summed E-state index contributed by atoms with van der Waals surface area (Å²) in [4.78, 5) is 12.9. The van der Waals surface area contributed by atoms with E-state index in [1.54, 1.807) is 4.90 Å². The van der Waals surface area contributed by atoms with Gasteiger partial charge in [0.1, 0.15) is 18.1 Å². The molecule has 5 nitrogen and oxygen atoms in total. The van der Waals surface area contributed by atoms with Crippen molar-refractivity contribution in [2.24, 2.45) is 0 Å². The van der Waals surface area contributed by atoms with E-state index in [1.165, 1.54) is 12.1 Å². The molecule has 1 aliphatic heterocycles. The molecule has 0 unspecified atom stereocenters. The number of rotatable bonds is 5. The Balaban J connectivity index is 1.87. The quantitative estimate of drug-likeness (QED) is 0.869. The highest BCUT2D eigenvalue weighted by molar-refractivity contribution is 9.10. The van der Waals surface area contributed by atoms with Crippen molar-refractivity contribution in [2.45, 2.75) is 6.36 Å². The van der Waals surface area contributed by atoms with Crippen molar-refractivity contribution in [1.82, 2.24) is 10.2 Å². The highest BCUT2D eigenvalue weighted by atomic mass is 79.9. The number of alkyl halides is 3. The molecule has 0 spiro atoms. The number of ether oxygens (including phenoxy) is 2. The fraction of sp³-hybridized carbons (Fsp3) is 0.417. The van der Waals surface area contributed by atoms with Crippen LogP contribution in [-0.2, 0) is 0 Å². The second-order valence-electron chi connectivity index (χ2n) is 4.21. The van der Waals surface area contributed by atoms with E-state index in [2.05, 4.69) is 26.0 Å². The number of halogens is 4. The normalized spacial score (nSPS) is 15.0. The van der Waals surface area contributed by atoms with Crippen molar-refractivity contribution in [1.29, 1.82) is 0 Å². The molecule has 21 heavy (non-hydrogen) atoms. The fourth-order valence-electron chi connectivity index (χ4n) is 1.78. The molecule has 2 amide bonds. The number of hydrogen-bond acceptors (Lipinski definition) is 3. The molecule has 1 aromatic rings. The summed E-state index contributed by atoms with van der Waals surface area (Å²) in [6, 6.07) is 3.77. The number of carbonyl (C=O) groups excluding carboxylic acids is 1. The van der Waals surface area contributed by atoms with Crippen molar-refractivity contribution in [3.05, 3.63) is 22.7 Å². The Morgan fingerprint density at radius 1 is 1.38 bits per heavy atom. The maximum Gasteiger partial charge on any atom is 0.573 e. The lowest BCUT2D eigenvalue weighted by Crippen LogP contribution is -2.31. The number of nitrogens with one attached hydrogen (secondary N) is 1. The third kappa shape index (κ3) is 4.69. The van der Waals surface area contributed by atoms with Gasteiger partial charge in [0.05, 0.1) is 11.0 Å². The van der Waals surface area contributed by atoms with Gasteiger partial charge in [0.15, 0.2) is 0 Å². The summed E-state index contributed by atoms with van der Waals surface area (Å²) in [6.45, 7) is 1.88. The lowest BCUT2D eigenvalue weighted by atomic mass is 10.3. The number of urea groups is 1. The number of hydrogen-bond donors (Lipinski definition) is 1. The van der Waals surface area contributed by atoms with Gasteiger partial charge in [-0.3, -0.25) is 0 Å². The molecule has 0 radical (unpaired) electrons.